The van der Waals surface area contributed by atoms with Gasteiger partial charge in [-0.3, -0.25) is 4.90 Å². The van der Waals surface area contributed by atoms with Crippen molar-refractivity contribution in [3.8, 4) is 0 Å². The predicted molar refractivity (Wildman–Crippen MR) is 100 cm³/mol. The molecule has 1 unspecified atom stereocenters. The molecule has 4 nitrogen and oxygen atoms in total. The van der Waals surface area contributed by atoms with Crippen LogP contribution in [-0.2, 0) is 13.0 Å². The first-order valence-electron chi connectivity index (χ1n) is 8.22. The van der Waals surface area contributed by atoms with Gasteiger partial charge in [0.1, 0.15) is 0 Å². The number of nitrogens with zero attached hydrogens (tertiary/aromatic N) is 2. The van der Waals surface area contributed by atoms with Gasteiger partial charge in [0.25, 0.3) is 0 Å². The largest absolute Gasteiger partial charge is 0.465 e. The van der Waals surface area contributed by atoms with Crippen molar-refractivity contribution >= 4 is 29.3 Å². The maximum atomic E-state index is 11.6. The van der Waals surface area contributed by atoms with Crippen molar-refractivity contribution in [1.82, 2.24) is 9.80 Å². The van der Waals surface area contributed by atoms with E-state index < -0.39 is 6.09 Å². The lowest BCUT2D eigenvalue weighted by atomic mass is 10.0. The summed E-state index contributed by atoms with van der Waals surface area (Å²) in [5, 5.41) is 10.5. The van der Waals surface area contributed by atoms with Crippen LogP contribution in [0.4, 0.5) is 4.79 Å². The Morgan fingerprint density at radius 1 is 1.04 bits per heavy atom. The van der Waals surface area contributed by atoms with Crippen molar-refractivity contribution in [3.05, 3.63) is 69.7 Å². The molecule has 1 aliphatic rings. The van der Waals surface area contributed by atoms with E-state index in [9.17, 15) is 9.90 Å². The highest BCUT2D eigenvalue weighted by Crippen LogP contribution is 2.25. The minimum Gasteiger partial charge on any atom is -0.465 e. The fraction of sp³-hybridized carbons (Fsp3) is 0.316. The van der Waals surface area contributed by atoms with E-state index in [0.29, 0.717) is 29.6 Å². The maximum Gasteiger partial charge on any atom is 0.407 e. The van der Waals surface area contributed by atoms with Crippen LogP contribution in [0, 0.1) is 0 Å². The Morgan fingerprint density at radius 3 is 2.48 bits per heavy atom. The molecule has 0 spiro atoms. The molecule has 25 heavy (non-hydrogen) atoms. The van der Waals surface area contributed by atoms with Gasteiger partial charge in [-0.15, -0.1) is 0 Å². The normalized spacial score (nSPS) is 18.3. The molecule has 6 heteroatoms. The van der Waals surface area contributed by atoms with Crippen molar-refractivity contribution < 1.29 is 9.90 Å². The molecule has 0 radical (unpaired) electrons. The lowest BCUT2D eigenvalue weighted by Crippen LogP contribution is -2.55. The Labute approximate surface area is 157 Å². The van der Waals surface area contributed by atoms with Crippen molar-refractivity contribution in [3.63, 3.8) is 0 Å². The molecule has 0 aromatic heterocycles. The molecule has 1 N–H and O–H groups in total. The topological polar surface area (TPSA) is 43.8 Å². The highest BCUT2D eigenvalue weighted by atomic mass is 35.5. The number of hydrogen-bond donors (Lipinski definition) is 1. The number of benzene rings is 2. The van der Waals surface area contributed by atoms with Crippen LogP contribution >= 0.6 is 23.2 Å². The molecule has 0 aliphatic carbocycles. The van der Waals surface area contributed by atoms with Crippen LogP contribution in [0.15, 0.2) is 48.5 Å². The molecule has 1 fully saturated rings. The molecule has 0 saturated carbocycles. The summed E-state index contributed by atoms with van der Waals surface area (Å²) in [5.74, 6) is 0. The quantitative estimate of drug-likeness (QED) is 0.857. The van der Waals surface area contributed by atoms with Crippen LogP contribution < -0.4 is 0 Å². The summed E-state index contributed by atoms with van der Waals surface area (Å²) < 4.78 is 0. The summed E-state index contributed by atoms with van der Waals surface area (Å²) in [6, 6.07) is 15.6. The number of carbonyl (C=O) groups is 1. The predicted octanol–water partition coefficient (Wildman–Crippen LogP) is 4.40. The molecule has 1 amide bonds. The van der Waals surface area contributed by atoms with Gasteiger partial charge in [-0.05, 0) is 29.7 Å². The van der Waals surface area contributed by atoms with Crippen molar-refractivity contribution in [2.24, 2.45) is 0 Å². The second-order valence-corrected chi connectivity index (χ2v) is 7.12. The van der Waals surface area contributed by atoms with Gasteiger partial charge >= 0.3 is 6.09 Å². The van der Waals surface area contributed by atoms with E-state index in [1.54, 1.807) is 6.07 Å². The molecular formula is C19H20Cl2N2O2. The van der Waals surface area contributed by atoms with Crippen LogP contribution in [-0.4, -0.2) is 46.7 Å². The third-order valence-electron chi connectivity index (χ3n) is 4.52. The summed E-state index contributed by atoms with van der Waals surface area (Å²) >= 11 is 12.1. The lowest BCUT2D eigenvalue weighted by molar-refractivity contribution is 0.0645. The minimum atomic E-state index is -0.871. The van der Waals surface area contributed by atoms with Gasteiger partial charge < -0.3 is 10.0 Å². The Hall–Kier alpha value is -1.75. The molecular weight excluding hydrogens is 359 g/mol. The Morgan fingerprint density at radius 2 is 1.80 bits per heavy atom. The fourth-order valence-corrected chi connectivity index (χ4v) is 3.59. The molecule has 2 aromatic rings. The standard InChI is InChI=1S/C19H20Cl2N2O2/c20-17-7-6-15(11-18(17)21)10-16-13-22(8-9-23(16)19(24)25)12-14-4-2-1-3-5-14/h1-7,11,16H,8-10,12-13H2,(H,24,25). The highest BCUT2D eigenvalue weighted by molar-refractivity contribution is 6.42. The molecule has 1 heterocycles. The first-order chi connectivity index (χ1) is 12.0. The molecule has 2 aromatic carbocycles. The first kappa shape index (κ1) is 18.1. The van der Waals surface area contributed by atoms with E-state index in [0.717, 1.165) is 18.7 Å². The third-order valence-corrected chi connectivity index (χ3v) is 5.26. The van der Waals surface area contributed by atoms with Gasteiger partial charge in [0.2, 0.25) is 0 Å². The number of amides is 1. The molecule has 0 bridgehead atoms. The Kier molecular flexibility index (Phi) is 5.84. The number of halogens is 2. The van der Waals surface area contributed by atoms with Crippen LogP contribution in [0.3, 0.4) is 0 Å². The molecule has 1 atom stereocenters. The molecule has 1 aliphatic heterocycles. The first-order valence-corrected chi connectivity index (χ1v) is 8.98. The second kappa shape index (κ2) is 8.09. The summed E-state index contributed by atoms with van der Waals surface area (Å²) in [6.45, 7) is 2.76. The van der Waals surface area contributed by atoms with Gasteiger partial charge in [0.15, 0.2) is 0 Å². The molecule has 132 valence electrons. The summed E-state index contributed by atoms with van der Waals surface area (Å²) in [6.07, 6.45) is -0.251. The highest BCUT2D eigenvalue weighted by Gasteiger charge is 2.30. The van der Waals surface area contributed by atoms with Crippen molar-refractivity contribution in [1.29, 1.82) is 0 Å². The Bertz CT molecular complexity index is 739. The average molecular weight is 379 g/mol. The SMILES string of the molecule is O=C(O)N1CCN(Cc2ccccc2)CC1Cc1ccc(Cl)c(Cl)c1. The molecule has 1 saturated heterocycles. The van der Waals surface area contributed by atoms with E-state index in [-0.39, 0.29) is 6.04 Å². The molecule has 3 rings (SSSR count). The summed E-state index contributed by atoms with van der Waals surface area (Å²) in [7, 11) is 0. The van der Waals surface area contributed by atoms with Crippen molar-refractivity contribution in [2.75, 3.05) is 19.6 Å². The van der Waals surface area contributed by atoms with Crippen molar-refractivity contribution in [2.45, 2.75) is 19.0 Å². The monoisotopic (exact) mass is 378 g/mol. The van der Waals surface area contributed by atoms with Gasteiger partial charge in [-0.1, -0.05) is 59.6 Å². The van der Waals surface area contributed by atoms with Crippen LogP contribution in [0.5, 0.6) is 0 Å². The van der Waals surface area contributed by atoms with Gasteiger partial charge in [-0.2, -0.15) is 0 Å². The number of carboxylic acid groups (broad SMARTS) is 1. The smallest absolute Gasteiger partial charge is 0.407 e. The van der Waals surface area contributed by atoms with Crippen LogP contribution in [0.2, 0.25) is 10.0 Å². The van der Waals surface area contributed by atoms with Gasteiger partial charge in [0.05, 0.1) is 16.1 Å². The summed E-state index contributed by atoms with van der Waals surface area (Å²) in [4.78, 5) is 15.4. The van der Waals surface area contributed by atoms with Crippen LogP contribution in [0.25, 0.3) is 0 Å². The number of rotatable bonds is 4. The number of piperazine rings is 1. The van der Waals surface area contributed by atoms with Gasteiger partial charge in [-0.25, -0.2) is 4.79 Å². The zero-order chi connectivity index (χ0) is 17.8. The zero-order valence-electron chi connectivity index (χ0n) is 13.7. The van der Waals surface area contributed by atoms with E-state index in [1.165, 1.54) is 10.5 Å². The van der Waals surface area contributed by atoms with E-state index in [4.69, 9.17) is 23.2 Å². The number of hydrogen-bond acceptors (Lipinski definition) is 2. The average Bonchev–Trinajstić information content (AvgIpc) is 2.59. The Balaban J connectivity index is 1.72. The van der Waals surface area contributed by atoms with E-state index >= 15 is 0 Å². The fourth-order valence-electron chi connectivity index (χ4n) is 3.27. The van der Waals surface area contributed by atoms with E-state index in [1.807, 2.05) is 30.3 Å². The third kappa shape index (κ3) is 4.66. The maximum absolute atomic E-state index is 11.6. The van der Waals surface area contributed by atoms with E-state index in [2.05, 4.69) is 17.0 Å². The summed E-state index contributed by atoms with van der Waals surface area (Å²) in [5.41, 5.74) is 2.23. The minimum absolute atomic E-state index is 0.104. The second-order valence-electron chi connectivity index (χ2n) is 6.30. The van der Waals surface area contributed by atoms with Crippen LogP contribution in [0.1, 0.15) is 11.1 Å². The zero-order valence-corrected chi connectivity index (χ0v) is 15.2. The lowest BCUT2D eigenvalue weighted by Gasteiger charge is -2.40. The van der Waals surface area contributed by atoms with Gasteiger partial charge in [0, 0.05) is 26.2 Å².